The number of pyridine rings is 1. The molecule has 96 valence electrons. The number of anilines is 1. The Bertz CT molecular complexity index is 465. The summed E-state index contributed by atoms with van der Waals surface area (Å²) in [6.07, 6.45) is 8.39. The molecule has 0 saturated heterocycles. The Morgan fingerprint density at radius 1 is 1.39 bits per heavy atom. The number of aromatic nitrogens is 3. The van der Waals surface area contributed by atoms with Crippen LogP contribution in [-0.2, 0) is 13.6 Å². The summed E-state index contributed by atoms with van der Waals surface area (Å²) in [5, 5.41) is 0. The van der Waals surface area contributed by atoms with E-state index < -0.39 is 0 Å². The van der Waals surface area contributed by atoms with E-state index in [1.54, 1.807) is 6.20 Å². The van der Waals surface area contributed by atoms with Crippen molar-refractivity contribution in [2.24, 2.45) is 12.8 Å². The van der Waals surface area contributed by atoms with Gasteiger partial charge in [0.15, 0.2) is 0 Å². The number of hydrogen-bond acceptors (Lipinski definition) is 4. The van der Waals surface area contributed by atoms with E-state index in [9.17, 15) is 0 Å². The van der Waals surface area contributed by atoms with Crippen LogP contribution in [0.4, 0.5) is 5.95 Å². The number of imidazole rings is 1. The fourth-order valence-electron chi connectivity index (χ4n) is 1.91. The maximum Gasteiger partial charge on any atom is 0.205 e. The van der Waals surface area contributed by atoms with E-state index in [2.05, 4.69) is 20.9 Å². The minimum atomic E-state index is 0.688. The topological polar surface area (TPSA) is 60.0 Å². The Morgan fingerprint density at radius 3 is 2.89 bits per heavy atom. The molecule has 0 atom stereocenters. The van der Waals surface area contributed by atoms with Crippen LogP contribution in [-0.4, -0.2) is 27.6 Å². The summed E-state index contributed by atoms with van der Waals surface area (Å²) in [6.45, 7) is 2.39. The van der Waals surface area contributed by atoms with Gasteiger partial charge in [0.25, 0.3) is 0 Å². The highest BCUT2D eigenvalue weighted by Gasteiger charge is 2.11. The molecule has 0 bridgehead atoms. The molecular formula is C13H19N5. The Hall–Kier alpha value is -1.88. The van der Waals surface area contributed by atoms with Gasteiger partial charge in [-0.25, -0.2) is 4.98 Å². The Labute approximate surface area is 107 Å². The van der Waals surface area contributed by atoms with E-state index >= 15 is 0 Å². The van der Waals surface area contributed by atoms with Crippen molar-refractivity contribution in [1.82, 2.24) is 14.5 Å². The van der Waals surface area contributed by atoms with Crippen LogP contribution in [0.3, 0.4) is 0 Å². The molecule has 0 fully saturated rings. The summed E-state index contributed by atoms with van der Waals surface area (Å²) in [6, 6.07) is 4.03. The Kier molecular flexibility index (Phi) is 4.30. The molecule has 0 unspecified atom stereocenters. The van der Waals surface area contributed by atoms with Crippen LogP contribution in [0.2, 0.25) is 0 Å². The molecule has 2 aromatic heterocycles. The zero-order valence-corrected chi connectivity index (χ0v) is 10.7. The van der Waals surface area contributed by atoms with Gasteiger partial charge in [0.2, 0.25) is 5.95 Å². The SMILES string of the molecule is Cn1ccnc1N(CCCN)Cc1cccnc1. The van der Waals surface area contributed by atoms with E-state index in [1.807, 2.05) is 36.3 Å². The van der Waals surface area contributed by atoms with Gasteiger partial charge in [0.05, 0.1) is 0 Å². The highest BCUT2D eigenvalue weighted by molar-refractivity contribution is 5.32. The molecular weight excluding hydrogens is 226 g/mol. The van der Waals surface area contributed by atoms with E-state index in [0.29, 0.717) is 6.54 Å². The highest BCUT2D eigenvalue weighted by atomic mass is 15.3. The van der Waals surface area contributed by atoms with Gasteiger partial charge in [-0.2, -0.15) is 0 Å². The lowest BCUT2D eigenvalue weighted by atomic mass is 10.2. The first-order valence-corrected chi connectivity index (χ1v) is 6.12. The van der Waals surface area contributed by atoms with Crippen molar-refractivity contribution in [2.45, 2.75) is 13.0 Å². The zero-order valence-electron chi connectivity index (χ0n) is 10.7. The van der Waals surface area contributed by atoms with Crippen molar-refractivity contribution >= 4 is 5.95 Å². The van der Waals surface area contributed by atoms with Crippen molar-refractivity contribution in [3.05, 3.63) is 42.5 Å². The summed E-state index contributed by atoms with van der Waals surface area (Å²) in [5.41, 5.74) is 6.77. The molecule has 0 aliphatic heterocycles. The fourth-order valence-corrected chi connectivity index (χ4v) is 1.91. The van der Waals surface area contributed by atoms with Gasteiger partial charge in [0.1, 0.15) is 0 Å². The predicted molar refractivity (Wildman–Crippen MR) is 72.2 cm³/mol. The van der Waals surface area contributed by atoms with Gasteiger partial charge in [-0.1, -0.05) is 6.07 Å². The minimum Gasteiger partial charge on any atom is -0.338 e. The number of nitrogens with zero attached hydrogens (tertiary/aromatic N) is 4. The monoisotopic (exact) mass is 245 g/mol. The lowest BCUT2D eigenvalue weighted by Gasteiger charge is -2.23. The van der Waals surface area contributed by atoms with Crippen LogP contribution in [0.5, 0.6) is 0 Å². The molecule has 18 heavy (non-hydrogen) atoms. The highest BCUT2D eigenvalue weighted by Crippen LogP contribution is 2.14. The van der Waals surface area contributed by atoms with E-state index in [0.717, 1.165) is 25.5 Å². The zero-order chi connectivity index (χ0) is 12.8. The molecule has 0 amide bonds. The van der Waals surface area contributed by atoms with Crippen molar-refractivity contribution in [3.8, 4) is 0 Å². The molecule has 2 aromatic rings. The summed E-state index contributed by atoms with van der Waals surface area (Å²) >= 11 is 0. The summed E-state index contributed by atoms with van der Waals surface area (Å²) in [7, 11) is 2.00. The third-order valence-electron chi connectivity index (χ3n) is 2.81. The van der Waals surface area contributed by atoms with Gasteiger partial charge in [-0.15, -0.1) is 0 Å². The molecule has 2 rings (SSSR count). The molecule has 5 nitrogen and oxygen atoms in total. The van der Waals surface area contributed by atoms with Crippen molar-refractivity contribution in [2.75, 3.05) is 18.0 Å². The summed E-state index contributed by atoms with van der Waals surface area (Å²) < 4.78 is 2.02. The van der Waals surface area contributed by atoms with E-state index in [1.165, 1.54) is 5.56 Å². The lowest BCUT2D eigenvalue weighted by molar-refractivity contribution is 0.694. The molecule has 2 N–H and O–H groups in total. The molecule has 0 spiro atoms. The minimum absolute atomic E-state index is 0.688. The maximum absolute atomic E-state index is 5.60. The average molecular weight is 245 g/mol. The quantitative estimate of drug-likeness (QED) is 0.830. The summed E-state index contributed by atoms with van der Waals surface area (Å²) in [4.78, 5) is 10.8. The number of hydrogen-bond donors (Lipinski definition) is 1. The van der Waals surface area contributed by atoms with Gasteiger partial charge < -0.3 is 15.2 Å². The Balaban J connectivity index is 2.13. The van der Waals surface area contributed by atoms with Crippen LogP contribution < -0.4 is 10.6 Å². The number of nitrogens with two attached hydrogens (primary N) is 1. The van der Waals surface area contributed by atoms with Gasteiger partial charge in [0, 0.05) is 44.9 Å². The van der Waals surface area contributed by atoms with Crippen LogP contribution >= 0.6 is 0 Å². The molecule has 0 aliphatic rings. The van der Waals surface area contributed by atoms with Gasteiger partial charge in [-0.05, 0) is 24.6 Å². The average Bonchev–Trinajstić information content (AvgIpc) is 2.82. The van der Waals surface area contributed by atoms with Gasteiger partial charge in [-0.3, -0.25) is 4.98 Å². The molecule has 0 aromatic carbocycles. The van der Waals surface area contributed by atoms with Gasteiger partial charge >= 0.3 is 0 Å². The standard InChI is InChI=1S/C13H19N5/c1-17-9-7-16-13(17)18(8-3-5-14)11-12-4-2-6-15-10-12/h2,4,6-7,9-10H,3,5,8,11,14H2,1H3. The van der Waals surface area contributed by atoms with Crippen molar-refractivity contribution < 1.29 is 0 Å². The van der Waals surface area contributed by atoms with Crippen LogP contribution in [0, 0.1) is 0 Å². The summed E-state index contributed by atoms with van der Waals surface area (Å²) in [5.74, 6) is 0.965. The second-order valence-corrected chi connectivity index (χ2v) is 4.26. The van der Waals surface area contributed by atoms with E-state index in [4.69, 9.17) is 5.73 Å². The maximum atomic E-state index is 5.60. The third-order valence-corrected chi connectivity index (χ3v) is 2.81. The normalized spacial score (nSPS) is 10.6. The Morgan fingerprint density at radius 2 is 2.28 bits per heavy atom. The largest absolute Gasteiger partial charge is 0.338 e. The van der Waals surface area contributed by atoms with Crippen LogP contribution in [0.1, 0.15) is 12.0 Å². The first-order valence-electron chi connectivity index (χ1n) is 6.12. The van der Waals surface area contributed by atoms with Crippen LogP contribution in [0.15, 0.2) is 36.9 Å². The second-order valence-electron chi connectivity index (χ2n) is 4.26. The molecule has 0 radical (unpaired) electrons. The van der Waals surface area contributed by atoms with Crippen molar-refractivity contribution in [3.63, 3.8) is 0 Å². The molecule has 2 heterocycles. The van der Waals surface area contributed by atoms with Crippen LogP contribution in [0.25, 0.3) is 0 Å². The number of rotatable bonds is 6. The molecule has 5 heteroatoms. The predicted octanol–water partition coefficient (Wildman–Crippen LogP) is 1.17. The number of aryl methyl sites for hydroxylation is 1. The van der Waals surface area contributed by atoms with E-state index in [-0.39, 0.29) is 0 Å². The molecule has 0 saturated carbocycles. The smallest absolute Gasteiger partial charge is 0.205 e. The van der Waals surface area contributed by atoms with Crippen molar-refractivity contribution in [1.29, 1.82) is 0 Å². The third kappa shape index (κ3) is 3.07. The fraction of sp³-hybridized carbons (Fsp3) is 0.385. The first kappa shape index (κ1) is 12.6. The second kappa shape index (κ2) is 6.16. The lowest BCUT2D eigenvalue weighted by Crippen LogP contribution is -2.28. The molecule has 0 aliphatic carbocycles. The first-order chi connectivity index (χ1) is 8.81.